The second-order valence-corrected chi connectivity index (χ2v) is 10.9. The van der Waals surface area contributed by atoms with E-state index < -0.39 is 25.9 Å². The summed E-state index contributed by atoms with van der Waals surface area (Å²) in [5, 5.41) is 0.133. The Morgan fingerprint density at radius 2 is 1.57 bits per heavy atom. The van der Waals surface area contributed by atoms with E-state index in [1.165, 1.54) is 53.8 Å². The first kappa shape index (κ1) is 21.2. The molecule has 1 aliphatic rings. The Morgan fingerprint density at radius 1 is 1.00 bits per heavy atom. The van der Waals surface area contributed by atoms with Crippen molar-refractivity contribution in [2.75, 3.05) is 20.1 Å². The van der Waals surface area contributed by atoms with Gasteiger partial charge >= 0.3 is 0 Å². The van der Waals surface area contributed by atoms with Gasteiger partial charge in [0.05, 0.1) is 9.79 Å². The van der Waals surface area contributed by atoms with Crippen LogP contribution >= 0.6 is 11.6 Å². The molecular formula is C18H20ClFN2O4S2. The van der Waals surface area contributed by atoms with Crippen LogP contribution in [0.2, 0.25) is 5.02 Å². The molecule has 2 aromatic carbocycles. The Morgan fingerprint density at radius 3 is 2.14 bits per heavy atom. The van der Waals surface area contributed by atoms with E-state index in [0.29, 0.717) is 13.1 Å². The van der Waals surface area contributed by atoms with Gasteiger partial charge in [0.15, 0.2) is 0 Å². The van der Waals surface area contributed by atoms with E-state index in [1.807, 2.05) is 0 Å². The first-order valence-electron chi connectivity index (χ1n) is 8.63. The number of benzene rings is 2. The highest BCUT2D eigenvalue weighted by atomic mass is 35.5. The van der Waals surface area contributed by atoms with Crippen LogP contribution in [0.15, 0.2) is 52.3 Å². The molecule has 3 rings (SSSR count). The molecule has 1 fully saturated rings. The summed E-state index contributed by atoms with van der Waals surface area (Å²) in [6.45, 7) is 0.685. The summed E-state index contributed by atoms with van der Waals surface area (Å²) in [6.07, 6.45) is 1.63. The zero-order valence-corrected chi connectivity index (χ0v) is 17.6. The molecule has 0 radical (unpaired) electrons. The molecule has 152 valence electrons. The lowest BCUT2D eigenvalue weighted by molar-refractivity contribution is 0.456. The molecule has 28 heavy (non-hydrogen) atoms. The van der Waals surface area contributed by atoms with Crippen LogP contribution in [0, 0.1) is 5.82 Å². The Bertz CT molecular complexity index is 1050. The van der Waals surface area contributed by atoms with Crippen LogP contribution in [0.1, 0.15) is 18.4 Å². The number of hydrogen-bond donors (Lipinski definition) is 0. The molecule has 0 aliphatic carbocycles. The topological polar surface area (TPSA) is 74.8 Å². The summed E-state index contributed by atoms with van der Waals surface area (Å²) in [4.78, 5) is -0.0315. The first-order chi connectivity index (χ1) is 13.1. The van der Waals surface area contributed by atoms with Crippen molar-refractivity contribution in [3.8, 4) is 0 Å². The van der Waals surface area contributed by atoms with Gasteiger partial charge in [-0.3, -0.25) is 0 Å². The van der Waals surface area contributed by atoms with Crippen LogP contribution in [0.5, 0.6) is 0 Å². The van der Waals surface area contributed by atoms with Crippen LogP contribution in [0.25, 0.3) is 0 Å². The van der Waals surface area contributed by atoms with Crippen LogP contribution in [-0.2, 0) is 26.6 Å². The van der Waals surface area contributed by atoms with E-state index in [2.05, 4.69) is 0 Å². The zero-order chi connectivity index (χ0) is 20.5. The second-order valence-electron chi connectivity index (χ2n) is 6.54. The summed E-state index contributed by atoms with van der Waals surface area (Å²) in [6, 6.07) is 9.19. The van der Waals surface area contributed by atoms with Crippen molar-refractivity contribution in [3.05, 3.63) is 58.9 Å². The molecule has 1 aliphatic heterocycles. The highest BCUT2D eigenvalue weighted by molar-refractivity contribution is 7.89. The fourth-order valence-electron chi connectivity index (χ4n) is 3.03. The van der Waals surface area contributed by atoms with E-state index in [9.17, 15) is 21.2 Å². The normalized spacial score (nSPS) is 16.0. The molecule has 10 heteroatoms. The van der Waals surface area contributed by atoms with Crippen LogP contribution < -0.4 is 0 Å². The minimum Gasteiger partial charge on any atom is -0.207 e. The van der Waals surface area contributed by atoms with Gasteiger partial charge in [-0.2, -0.15) is 8.61 Å². The fraction of sp³-hybridized carbons (Fsp3) is 0.333. The number of sulfonamides is 2. The molecule has 1 heterocycles. The molecule has 1 saturated heterocycles. The molecule has 0 spiro atoms. The molecule has 0 saturated carbocycles. The van der Waals surface area contributed by atoms with E-state index in [-0.39, 0.29) is 26.9 Å². The van der Waals surface area contributed by atoms with Gasteiger partial charge in [-0.05, 0) is 49.2 Å². The first-order valence-corrected chi connectivity index (χ1v) is 11.9. The van der Waals surface area contributed by atoms with Crippen molar-refractivity contribution < 1.29 is 21.2 Å². The smallest absolute Gasteiger partial charge is 0.207 e. The predicted octanol–water partition coefficient (Wildman–Crippen LogP) is 3.08. The van der Waals surface area contributed by atoms with E-state index in [1.54, 1.807) is 0 Å². The molecule has 0 amide bonds. The van der Waals surface area contributed by atoms with Gasteiger partial charge in [0, 0.05) is 37.3 Å². The fourth-order valence-corrected chi connectivity index (χ4v) is 5.91. The Labute approximate surface area is 169 Å². The predicted molar refractivity (Wildman–Crippen MR) is 104 cm³/mol. The number of rotatable bonds is 6. The molecule has 0 unspecified atom stereocenters. The lowest BCUT2D eigenvalue weighted by atomic mass is 10.2. The average molecular weight is 447 g/mol. The quantitative estimate of drug-likeness (QED) is 0.683. The van der Waals surface area contributed by atoms with Crippen LogP contribution in [0.4, 0.5) is 4.39 Å². The summed E-state index contributed by atoms with van der Waals surface area (Å²) >= 11 is 5.97. The SMILES string of the molecule is CN(Cc1c(F)cccc1Cl)S(=O)(=O)c1ccc(S(=O)(=O)N2CCCC2)cc1. The van der Waals surface area contributed by atoms with Crippen molar-refractivity contribution >= 4 is 31.6 Å². The standard InChI is InChI=1S/C18H20ClFN2O4S2/c1-21(13-16-17(19)5-4-6-18(16)20)27(23,24)14-7-9-15(10-8-14)28(25,26)22-11-2-3-12-22/h4-10H,2-3,11-13H2,1H3. The maximum absolute atomic E-state index is 14.0. The van der Waals surface area contributed by atoms with E-state index >= 15 is 0 Å². The van der Waals surface area contributed by atoms with Crippen molar-refractivity contribution in [1.82, 2.24) is 8.61 Å². The van der Waals surface area contributed by atoms with E-state index in [0.717, 1.165) is 17.1 Å². The minimum absolute atomic E-state index is 0.0492. The largest absolute Gasteiger partial charge is 0.243 e. The van der Waals surface area contributed by atoms with Gasteiger partial charge in [-0.25, -0.2) is 21.2 Å². The molecule has 6 nitrogen and oxygen atoms in total. The van der Waals surface area contributed by atoms with Gasteiger partial charge in [-0.1, -0.05) is 17.7 Å². The van der Waals surface area contributed by atoms with Crippen molar-refractivity contribution in [2.45, 2.75) is 29.2 Å². The van der Waals surface area contributed by atoms with E-state index in [4.69, 9.17) is 11.6 Å². The highest BCUT2D eigenvalue weighted by Gasteiger charge is 2.28. The third-order valence-electron chi connectivity index (χ3n) is 4.68. The molecular weight excluding hydrogens is 427 g/mol. The summed E-state index contributed by atoms with van der Waals surface area (Å²) in [7, 11) is -6.26. The van der Waals surface area contributed by atoms with Gasteiger partial charge in [0.2, 0.25) is 20.0 Å². The maximum atomic E-state index is 14.0. The number of halogens is 2. The summed E-state index contributed by atoms with van der Waals surface area (Å²) in [5.74, 6) is -0.596. The van der Waals surface area contributed by atoms with Crippen LogP contribution in [-0.4, -0.2) is 45.6 Å². The van der Waals surface area contributed by atoms with Crippen molar-refractivity contribution in [3.63, 3.8) is 0 Å². The van der Waals surface area contributed by atoms with Gasteiger partial charge in [0.1, 0.15) is 5.82 Å². The molecule has 0 aromatic heterocycles. The molecule has 0 N–H and O–H groups in total. The number of nitrogens with zero attached hydrogens (tertiary/aromatic N) is 2. The number of hydrogen-bond acceptors (Lipinski definition) is 4. The molecule has 2 aromatic rings. The summed E-state index contributed by atoms with van der Waals surface area (Å²) in [5.41, 5.74) is 0.0727. The zero-order valence-electron chi connectivity index (χ0n) is 15.2. The lowest BCUT2D eigenvalue weighted by Crippen LogP contribution is -2.28. The minimum atomic E-state index is -3.95. The van der Waals surface area contributed by atoms with Gasteiger partial charge < -0.3 is 0 Å². The lowest BCUT2D eigenvalue weighted by Gasteiger charge is -2.19. The van der Waals surface area contributed by atoms with Gasteiger partial charge in [0.25, 0.3) is 0 Å². The highest BCUT2D eigenvalue weighted by Crippen LogP contribution is 2.25. The van der Waals surface area contributed by atoms with Gasteiger partial charge in [-0.15, -0.1) is 0 Å². The maximum Gasteiger partial charge on any atom is 0.243 e. The Balaban J connectivity index is 1.84. The molecule has 0 atom stereocenters. The van der Waals surface area contributed by atoms with Crippen LogP contribution in [0.3, 0.4) is 0 Å². The Hall–Kier alpha value is -1.52. The van der Waals surface area contributed by atoms with Crippen molar-refractivity contribution in [1.29, 1.82) is 0 Å². The third-order valence-corrected chi connectivity index (χ3v) is 8.76. The summed E-state index contributed by atoms with van der Waals surface area (Å²) < 4.78 is 67.0. The Kier molecular flexibility index (Phi) is 6.11. The van der Waals surface area contributed by atoms with Crippen molar-refractivity contribution in [2.24, 2.45) is 0 Å². The monoisotopic (exact) mass is 446 g/mol. The molecule has 0 bridgehead atoms. The average Bonchev–Trinajstić information content (AvgIpc) is 3.20. The second kappa shape index (κ2) is 8.08. The third kappa shape index (κ3) is 4.08.